The summed E-state index contributed by atoms with van der Waals surface area (Å²) in [6, 6.07) is 0. The molecule has 0 radical (unpaired) electrons. The molecule has 3 aliphatic rings. The van der Waals surface area contributed by atoms with Crippen molar-refractivity contribution in [1.82, 2.24) is 48.8 Å². The van der Waals surface area contributed by atoms with E-state index in [9.17, 15) is 33.9 Å². The zero-order chi connectivity index (χ0) is 43.2. The molecular weight excluding hydrogens is 822 g/mol. The maximum absolute atomic E-state index is 13.2. The normalized spacial score (nSPS) is 31.2. The fraction of sp³-hybridized carbons (Fsp3) is 0.688. The van der Waals surface area contributed by atoms with Crippen LogP contribution in [0.3, 0.4) is 0 Å². The summed E-state index contributed by atoms with van der Waals surface area (Å²) in [6.07, 6.45) is -9.21. The second kappa shape index (κ2) is 19.9. The first-order chi connectivity index (χ1) is 28.0. The van der Waals surface area contributed by atoms with Gasteiger partial charge in [0.2, 0.25) is 5.95 Å². The van der Waals surface area contributed by atoms with Crippen LogP contribution in [-0.4, -0.2) is 158 Å². The van der Waals surface area contributed by atoms with Crippen LogP contribution in [0.5, 0.6) is 0 Å². The molecule has 4 aromatic heterocycles. The Morgan fingerprint density at radius 3 is 1.80 bits per heavy atom. The Hall–Kier alpha value is -3.52. The number of aromatic amines is 1. The third-order valence-corrected chi connectivity index (χ3v) is 12.0. The highest BCUT2D eigenvalue weighted by Gasteiger charge is 2.54. The molecule has 7 rings (SSSR count). The largest absolute Gasteiger partial charge is 0.472 e. The number of hydrogen-bond donors (Lipinski definition) is 7. The monoisotopic (exact) mass is 876 g/mol. The lowest BCUT2D eigenvalue weighted by molar-refractivity contribution is -0.0672. The van der Waals surface area contributed by atoms with Gasteiger partial charge in [0.15, 0.2) is 35.1 Å². The number of fused-ring (bicyclic) bond motifs is 5. The Kier molecular flexibility index (Phi) is 15.7. The standard InChI is InChI=1S/C20H24N10O13P2.2C6H15N/c21-14-8-15(24-3-23-14)29(4-25-8)18-11(32)12-7(41-18)2-39-45(36,37)43-13-10(31)6(1-38-44(34,35)42-12)40-19(13)30-5-26-9-16(30)27-20(22)28-17(9)33;2*1-4-7(5-2)6-3/h3-7,10-13,18-19,31-32H,1-2H2,(H,34,35)(H,36,37)(H2,21,23,24)(H3,22,27,28,33);2*4-6H2,1-3H3/t6-,7-,10-,11-,12-,13-,18-,19-;;/m1../s1. The van der Waals surface area contributed by atoms with E-state index in [1.54, 1.807) is 0 Å². The predicted octanol–water partition coefficient (Wildman–Crippen LogP) is 0.355. The topological polar surface area (TPSA) is 336 Å². The van der Waals surface area contributed by atoms with Crippen LogP contribution in [0.25, 0.3) is 22.3 Å². The molecule has 9 N–H and O–H groups in total. The van der Waals surface area contributed by atoms with Crippen LogP contribution in [0.15, 0.2) is 23.8 Å². The van der Waals surface area contributed by atoms with Gasteiger partial charge in [0.05, 0.1) is 25.9 Å². The van der Waals surface area contributed by atoms with E-state index in [-0.39, 0.29) is 34.1 Å². The van der Waals surface area contributed by atoms with Crippen molar-refractivity contribution in [3.8, 4) is 0 Å². The molecule has 0 saturated carbocycles. The predicted molar refractivity (Wildman–Crippen MR) is 210 cm³/mol. The Morgan fingerprint density at radius 2 is 1.24 bits per heavy atom. The second-order valence-electron chi connectivity index (χ2n) is 13.4. The van der Waals surface area contributed by atoms with E-state index in [4.69, 9.17) is 39.0 Å². The molecule has 3 saturated heterocycles. The van der Waals surface area contributed by atoms with Gasteiger partial charge in [-0.05, 0) is 39.3 Å². The fourth-order valence-electron chi connectivity index (χ4n) is 6.64. The van der Waals surface area contributed by atoms with Gasteiger partial charge in [-0.3, -0.25) is 37.0 Å². The van der Waals surface area contributed by atoms with Crippen LogP contribution in [0.4, 0.5) is 11.8 Å². The number of ether oxygens (including phenoxy) is 2. The lowest BCUT2D eigenvalue weighted by Crippen LogP contribution is -2.36. The Labute approximate surface area is 338 Å². The van der Waals surface area contributed by atoms with E-state index in [0.717, 1.165) is 17.2 Å². The van der Waals surface area contributed by atoms with E-state index in [1.807, 2.05) is 0 Å². The smallest absolute Gasteiger partial charge is 0.387 e. The van der Waals surface area contributed by atoms with Crippen molar-refractivity contribution in [3.63, 3.8) is 0 Å². The van der Waals surface area contributed by atoms with Crippen molar-refractivity contribution in [2.24, 2.45) is 0 Å². The fourth-order valence-corrected chi connectivity index (χ4v) is 8.53. The molecule has 2 unspecified atom stereocenters. The number of phosphoric acid groups is 2. The molecule has 330 valence electrons. The van der Waals surface area contributed by atoms with Crippen LogP contribution in [0, 0.1) is 0 Å². The third kappa shape index (κ3) is 10.7. The number of aliphatic hydroxyl groups excluding tert-OH is 2. The minimum Gasteiger partial charge on any atom is -0.387 e. The maximum atomic E-state index is 13.2. The highest BCUT2D eigenvalue weighted by Crippen LogP contribution is 2.53. The quantitative estimate of drug-likeness (QED) is 0.117. The van der Waals surface area contributed by atoms with Crippen LogP contribution in [0.2, 0.25) is 0 Å². The molecule has 0 aliphatic carbocycles. The highest BCUT2D eigenvalue weighted by atomic mass is 31.2. The molecule has 2 bridgehead atoms. The molecule has 10 atom stereocenters. The summed E-state index contributed by atoms with van der Waals surface area (Å²) in [6.45, 7) is 18.6. The number of nitrogen functional groups attached to an aromatic ring is 2. The highest BCUT2D eigenvalue weighted by molar-refractivity contribution is 7.47. The molecule has 27 heteroatoms. The molecule has 7 heterocycles. The number of H-pyrrole nitrogens is 1. The SMILES string of the molecule is CCN(CC)CC.CCN(CC)CC.Nc1nc2c(ncn2[C@@H]2O[C@@H]3COP(=O)(O)O[C@H]4[C@@H](O)[C@H](n5cnc6c(N)ncnc65)O[C@@H]4COP(=O)(O)O[C@@H]2[C@@H]3O)c(=O)[nH]1. The first-order valence-electron chi connectivity index (χ1n) is 19.1. The number of aliphatic hydroxyl groups is 2. The first kappa shape index (κ1) is 46.5. The van der Waals surface area contributed by atoms with Gasteiger partial charge in [0.25, 0.3) is 5.56 Å². The summed E-state index contributed by atoms with van der Waals surface area (Å²) in [5.41, 5.74) is 10.8. The Bertz CT molecular complexity index is 2130. The number of rotatable bonds is 8. The molecule has 0 spiro atoms. The Morgan fingerprint density at radius 1 is 0.729 bits per heavy atom. The van der Waals surface area contributed by atoms with Gasteiger partial charge in [0, 0.05) is 0 Å². The van der Waals surface area contributed by atoms with Crippen molar-refractivity contribution in [2.45, 2.75) is 90.6 Å². The summed E-state index contributed by atoms with van der Waals surface area (Å²) < 4.78 is 61.0. The van der Waals surface area contributed by atoms with E-state index in [0.29, 0.717) is 0 Å². The summed E-state index contributed by atoms with van der Waals surface area (Å²) >= 11 is 0. The van der Waals surface area contributed by atoms with Gasteiger partial charge in [0.1, 0.15) is 48.5 Å². The van der Waals surface area contributed by atoms with E-state index < -0.39 is 83.5 Å². The molecular formula is C32H54N12O13P2. The van der Waals surface area contributed by atoms with Crippen molar-refractivity contribution < 1.29 is 56.7 Å². The van der Waals surface area contributed by atoms with Gasteiger partial charge < -0.3 is 50.7 Å². The zero-order valence-corrected chi connectivity index (χ0v) is 35.3. The summed E-state index contributed by atoms with van der Waals surface area (Å²) in [4.78, 5) is 60.5. The number of phosphoric ester groups is 2. The Balaban J connectivity index is 0.000000407. The number of nitrogens with zero attached hydrogens (tertiary/aromatic N) is 9. The first-order valence-corrected chi connectivity index (χ1v) is 22.1. The van der Waals surface area contributed by atoms with Gasteiger partial charge >= 0.3 is 15.6 Å². The minimum atomic E-state index is -5.11. The average Bonchev–Trinajstić information content (AvgIpc) is 3.96. The number of hydrogen-bond acceptors (Lipinski definition) is 20. The zero-order valence-electron chi connectivity index (χ0n) is 33.5. The molecule has 25 nitrogen and oxygen atoms in total. The minimum absolute atomic E-state index is 0.0343. The van der Waals surface area contributed by atoms with E-state index in [2.05, 4.69) is 81.2 Å². The van der Waals surface area contributed by atoms with Crippen molar-refractivity contribution >= 4 is 49.7 Å². The van der Waals surface area contributed by atoms with Crippen molar-refractivity contribution in [3.05, 3.63) is 29.3 Å². The molecule has 59 heavy (non-hydrogen) atoms. The van der Waals surface area contributed by atoms with Crippen LogP contribution in [0.1, 0.15) is 54.0 Å². The molecule has 3 fully saturated rings. The summed E-state index contributed by atoms with van der Waals surface area (Å²) in [5.74, 6) is -0.250. The molecule has 0 amide bonds. The third-order valence-electron chi connectivity index (χ3n) is 10.0. The number of nitrogens with one attached hydrogen (secondary N) is 1. The van der Waals surface area contributed by atoms with E-state index in [1.165, 1.54) is 50.2 Å². The van der Waals surface area contributed by atoms with Crippen LogP contribution < -0.4 is 17.0 Å². The second-order valence-corrected chi connectivity index (χ2v) is 16.2. The number of aromatic nitrogens is 8. The number of nitrogens with two attached hydrogens (primary N) is 2. The maximum Gasteiger partial charge on any atom is 0.472 e. The van der Waals surface area contributed by atoms with Gasteiger partial charge in [-0.15, -0.1) is 0 Å². The summed E-state index contributed by atoms with van der Waals surface area (Å²) in [5, 5.41) is 22.1. The summed E-state index contributed by atoms with van der Waals surface area (Å²) in [7, 11) is -10.2. The van der Waals surface area contributed by atoms with Crippen LogP contribution >= 0.6 is 15.6 Å². The van der Waals surface area contributed by atoms with Crippen LogP contribution in [-0.2, 0) is 36.7 Å². The van der Waals surface area contributed by atoms with Crippen molar-refractivity contribution in [1.29, 1.82) is 0 Å². The number of imidazole rings is 2. The van der Waals surface area contributed by atoms with E-state index >= 15 is 0 Å². The molecule has 3 aliphatic heterocycles. The lowest BCUT2D eigenvalue weighted by Gasteiger charge is -2.25. The lowest BCUT2D eigenvalue weighted by atomic mass is 10.1. The number of anilines is 2. The van der Waals surface area contributed by atoms with Gasteiger partial charge in [-0.2, -0.15) is 4.98 Å². The molecule has 0 aromatic carbocycles. The van der Waals surface area contributed by atoms with Crippen molar-refractivity contribution in [2.75, 3.05) is 63.9 Å². The van der Waals surface area contributed by atoms with Gasteiger partial charge in [-0.1, -0.05) is 41.5 Å². The van der Waals surface area contributed by atoms with Gasteiger partial charge in [-0.25, -0.2) is 29.1 Å². The molecule has 4 aromatic rings. The average molecular weight is 877 g/mol.